The number of carbonyl (C=O) groups is 2. The van der Waals surface area contributed by atoms with Gasteiger partial charge in [0, 0.05) is 30.1 Å². The second kappa shape index (κ2) is 8.67. The molecule has 0 spiro atoms. The molecule has 2 N–H and O–H groups in total. The number of hydrogen-bond donors (Lipinski definition) is 2. The number of carbonyl (C=O) groups excluding carboxylic acids is 2. The van der Waals surface area contributed by atoms with Crippen LogP contribution in [-0.2, 0) is 0 Å². The summed E-state index contributed by atoms with van der Waals surface area (Å²) in [6.07, 6.45) is 1.74. The Balaban J connectivity index is 1.71. The third kappa shape index (κ3) is 4.23. The predicted molar refractivity (Wildman–Crippen MR) is 122 cm³/mol. The topological polar surface area (TPSA) is 76.0 Å². The summed E-state index contributed by atoms with van der Waals surface area (Å²) >= 11 is 0. The molecule has 0 aliphatic rings. The fourth-order valence-electron chi connectivity index (χ4n) is 3.34. The highest BCUT2D eigenvalue weighted by atomic mass is 16.2. The van der Waals surface area contributed by atoms with Crippen molar-refractivity contribution in [2.24, 2.45) is 0 Å². The number of amides is 2. The van der Waals surface area contributed by atoms with Crippen molar-refractivity contribution in [2.45, 2.75) is 6.92 Å². The van der Waals surface area contributed by atoms with E-state index in [1.54, 1.807) is 42.2 Å². The monoisotopic (exact) mass is 410 g/mol. The maximum atomic E-state index is 13.2. The van der Waals surface area contributed by atoms with E-state index in [2.05, 4.69) is 10.6 Å². The summed E-state index contributed by atoms with van der Waals surface area (Å²) in [7, 11) is 1.58. The highest BCUT2D eigenvalue weighted by Gasteiger charge is 2.20. The minimum atomic E-state index is -0.270. The number of rotatable bonds is 5. The lowest BCUT2D eigenvalue weighted by atomic mass is 10.0. The van der Waals surface area contributed by atoms with Gasteiger partial charge in [-0.05, 0) is 48.9 Å². The van der Waals surface area contributed by atoms with E-state index in [1.165, 1.54) is 0 Å². The molecule has 0 fully saturated rings. The predicted octanol–water partition coefficient (Wildman–Crippen LogP) is 4.46. The van der Waals surface area contributed by atoms with Crippen molar-refractivity contribution in [3.05, 3.63) is 102 Å². The van der Waals surface area contributed by atoms with Gasteiger partial charge in [0.15, 0.2) is 0 Å². The van der Waals surface area contributed by atoms with Crippen molar-refractivity contribution in [1.29, 1.82) is 0 Å². The molecule has 1 aromatic heterocycles. The van der Waals surface area contributed by atoms with Crippen LogP contribution in [0.1, 0.15) is 26.3 Å². The summed E-state index contributed by atoms with van der Waals surface area (Å²) < 4.78 is 1.71. The summed E-state index contributed by atoms with van der Waals surface area (Å²) in [6, 6.07) is 24.3. The SMILES string of the molecule is CNC(=O)c1ccc(NC(=O)c2cn(-c3ccccc3)nc2-c2ccccc2C)cc1. The van der Waals surface area contributed by atoms with Crippen molar-refractivity contribution < 1.29 is 9.59 Å². The maximum absolute atomic E-state index is 13.2. The highest BCUT2D eigenvalue weighted by molar-refractivity contribution is 6.08. The standard InChI is InChI=1S/C25H22N4O2/c1-17-8-6-7-11-21(17)23-22(16-29(28-23)20-9-4-3-5-10-20)25(31)27-19-14-12-18(13-15-19)24(30)26-2/h3-16H,1-2H3,(H,26,30)(H,27,31). The van der Waals surface area contributed by atoms with E-state index in [9.17, 15) is 9.59 Å². The van der Waals surface area contributed by atoms with Gasteiger partial charge in [0.05, 0.1) is 11.3 Å². The first-order valence-electron chi connectivity index (χ1n) is 9.91. The molecule has 0 aliphatic heterocycles. The first-order chi connectivity index (χ1) is 15.1. The molecule has 0 bridgehead atoms. The van der Waals surface area contributed by atoms with Crippen molar-refractivity contribution in [3.63, 3.8) is 0 Å². The molecular formula is C25H22N4O2. The van der Waals surface area contributed by atoms with E-state index in [0.29, 0.717) is 22.5 Å². The summed E-state index contributed by atoms with van der Waals surface area (Å²) in [4.78, 5) is 24.9. The third-order valence-corrected chi connectivity index (χ3v) is 5.01. The fourth-order valence-corrected chi connectivity index (χ4v) is 3.34. The number of anilines is 1. The molecule has 31 heavy (non-hydrogen) atoms. The van der Waals surface area contributed by atoms with Gasteiger partial charge in [0.2, 0.25) is 0 Å². The van der Waals surface area contributed by atoms with Gasteiger partial charge in [0.1, 0.15) is 5.69 Å². The van der Waals surface area contributed by atoms with Crippen LogP contribution in [0.3, 0.4) is 0 Å². The summed E-state index contributed by atoms with van der Waals surface area (Å²) in [5.74, 6) is -0.447. The Morgan fingerprint density at radius 2 is 1.52 bits per heavy atom. The molecular weight excluding hydrogens is 388 g/mol. The highest BCUT2D eigenvalue weighted by Crippen LogP contribution is 2.27. The molecule has 154 valence electrons. The van der Waals surface area contributed by atoms with Crippen LogP contribution >= 0.6 is 0 Å². The number of aryl methyl sites for hydroxylation is 1. The molecule has 0 radical (unpaired) electrons. The molecule has 6 heteroatoms. The third-order valence-electron chi connectivity index (χ3n) is 5.01. The Labute approximate surface area is 180 Å². The van der Waals surface area contributed by atoms with Crippen LogP contribution in [0.15, 0.2) is 85.1 Å². The molecule has 1 heterocycles. The van der Waals surface area contributed by atoms with E-state index >= 15 is 0 Å². The van der Waals surface area contributed by atoms with Crippen LogP contribution in [0, 0.1) is 6.92 Å². The lowest BCUT2D eigenvalue weighted by molar-refractivity contribution is 0.0962. The van der Waals surface area contributed by atoms with Crippen LogP contribution in [0.2, 0.25) is 0 Å². The number of para-hydroxylation sites is 1. The van der Waals surface area contributed by atoms with E-state index in [1.807, 2.05) is 61.5 Å². The zero-order chi connectivity index (χ0) is 21.8. The lowest BCUT2D eigenvalue weighted by Crippen LogP contribution is -2.18. The average molecular weight is 410 g/mol. The fraction of sp³-hybridized carbons (Fsp3) is 0.0800. The van der Waals surface area contributed by atoms with Gasteiger partial charge >= 0.3 is 0 Å². The second-order valence-corrected chi connectivity index (χ2v) is 7.10. The van der Waals surface area contributed by atoms with Crippen LogP contribution in [0.4, 0.5) is 5.69 Å². The molecule has 0 saturated heterocycles. The number of benzene rings is 3. The zero-order valence-corrected chi connectivity index (χ0v) is 17.3. The van der Waals surface area contributed by atoms with Gasteiger partial charge in [-0.3, -0.25) is 9.59 Å². The Hall–Kier alpha value is -4.19. The van der Waals surface area contributed by atoms with Gasteiger partial charge in [-0.15, -0.1) is 0 Å². The van der Waals surface area contributed by atoms with E-state index in [0.717, 1.165) is 16.8 Å². The normalized spacial score (nSPS) is 10.5. The Morgan fingerprint density at radius 3 is 2.19 bits per heavy atom. The molecule has 0 atom stereocenters. The number of nitrogens with zero attached hydrogens (tertiary/aromatic N) is 2. The largest absolute Gasteiger partial charge is 0.355 e. The van der Waals surface area contributed by atoms with E-state index in [-0.39, 0.29) is 11.8 Å². The van der Waals surface area contributed by atoms with Crippen molar-refractivity contribution in [2.75, 3.05) is 12.4 Å². The second-order valence-electron chi connectivity index (χ2n) is 7.10. The van der Waals surface area contributed by atoms with Gasteiger partial charge in [-0.1, -0.05) is 42.5 Å². The van der Waals surface area contributed by atoms with E-state index < -0.39 is 0 Å². The maximum Gasteiger partial charge on any atom is 0.259 e. The molecule has 4 rings (SSSR count). The van der Waals surface area contributed by atoms with Crippen molar-refractivity contribution in [1.82, 2.24) is 15.1 Å². The molecule has 3 aromatic carbocycles. The number of nitrogens with one attached hydrogen (secondary N) is 2. The molecule has 0 saturated carbocycles. The van der Waals surface area contributed by atoms with Crippen LogP contribution in [0.25, 0.3) is 16.9 Å². The number of hydrogen-bond acceptors (Lipinski definition) is 3. The summed E-state index contributed by atoms with van der Waals surface area (Å²) in [5.41, 5.74) is 5.00. The van der Waals surface area contributed by atoms with E-state index in [4.69, 9.17) is 5.10 Å². The summed E-state index contributed by atoms with van der Waals surface area (Å²) in [5, 5.41) is 10.2. The first-order valence-corrected chi connectivity index (χ1v) is 9.91. The van der Waals surface area contributed by atoms with Gasteiger partial charge in [0.25, 0.3) is 11.8 Å². The smallest absolute Gasteiger partial charge is 0.259 e. The zero-order valence-electron chi connectivity index (χ0n) is 17.3. The van der Waals surface area contributed by atoms with Crippen molar-refractivity contribution >= 4 is 17.5 Å². The van der Waals surface area contributed by atoms with Crippen LogP contribution < -0.4 is 10.6 Å². The first kappa shape index (κ1) is 20.1. The molecule has 6 nitrogen and oxygen atoms in total. The van der Waals surface area contributed by atoms with Crippen molar-refractivity contribution in [3.8, 4) is 16.9 Å². The van der Waals surface area contributed by atoms with Crippen LogP contribution in [-0.4, -0.2) is 28.6 Å². The Bertz CT molecular complexity index is 1230. The molecule has 0 aliphatic carbocycles. The molecule has 0 unspecified atom stereocenters. The Morgan fingerprint density at radius 1 is 0.839 bits per heavy atom. The van der Waals surface area contributed by atoms with Gasteiger partial charge in [-0.2, -0.15) is 5.10 Å². The lowest BCUT2D eigenvalue weighted by Gasteiger charge is -2.08. The minimum Gasteiger partial charge on any atom is -0.355 e. The average Bonchev–Trinajstić information content (AvgIpc) is 3.25. The Kier molecular flexibility index (Phi) is 5.62. The quantitative estimate of drug-likeness (QED) is 0.510. The molecule has 2 amide bonds. The summed E-state index contributed by atoms with van der Waals surface area (Å²) in [6.45, 7) is 2.00. The number of aromatic nitrogens is 2. The minimum absolute atomic E-state index is 0.177. The van der Waals surface area contributed by atoms with Gasteiger partial charge < -0.3 is 10.6 Å². The van der Waals surface area contributed by atoms with Gasteiger partial charge in [-0.25, -0.2) is 4.68 Å². The molecule has 4 aromatic rings. The van der Waals surface area contributed by atoms with Crippen LogP contribution in [0.5, 0.6) is 0 Å².